The van der Waals surface area contributed by atoms with E-state index in [1.807, 2.05) is 74.5 Å². The van der Waals surface area contributed by atoms with Gasteiger partial charge in [-0.3, -0.25) is 9.00 Å². The van der Waals surface area contributed by atoms with Gasteiger partial charge in [0.05, 0.1) is 18.4 Å². The van der Waals surface area contributed by atoms with E-state index in [1.54, 1.807) is 6.92 Å². The molecule has 0 radical (unpaired) electrons. The van der Waals surface area contributed by atoms with Crippen LogP contribution >= 0.6 is 0 Å². The molecule has 0 heterocycles. The van der Waals surface area contributed by atoms with E-state index in [4.69, 9.17) is 0 Å². The maximum atomic E-state index is 13.0. The van der Waals surface area contributed by atoms with Gasteiger partial charge < -0.3 is 10.4 Å². The Morgan fingerprint density at radius 3 is 2.06 bits per heavy atom. The lowest BCUT2D eigenvalue weighted by Gasteiger charge is -2.30. The molecule has 0 bridgehead atoms. The zero-order valence-corrected chi connectivity index (χ0v) is 23.3. The fourth-order valence-electron chi connectivity index (χ4n) is 3.88. The van der Waals surface area contributed by atoms with E-state index in [9.17, 15) is 22.5 Å². The van der Waals surface area contributed by atoms with Gasteiger partial charge in [0.2, 0.25) is 15.9 Å². The SMILES string of the molecule is CC(C)CN(C[C@@H](O)[C@H](Cc1ccccc1)NC(=O)[C@H](C)CS(=O)CCc1ccccc1)S(C)(=O)=O. The van der Waals surface area contributed by atoms with Gasteiger partial charge in [-0.2, -0.15) is 4.31 Å². The monoisotopic (exact) mass is 536 g/mol. The molecule has 4 atom stereocenters. The zero-order chi connectivity index (χ0) is 26.7. The highest BCUT2D eigenvalue weighted by Gasteiger charge is 2.29. The largest absolute Gasteiger partial charge is 0.390 e. The molecule has 0 saturated heterocycles. The Balaban J connectivity index is 2.06. The molecule has 0 saturated carbocycles. The summed E-state index contributed by atoms with van der Waals surface area (Å²) in [4.78, 5) is 13.0. The maximum absolute atomic E-state index is 13.0. The molecule has 2 rings (SSSR count). The van der Waals surface area contributed by atoms with Crippen molar-refractivity contribution in [2.75, 3.05) is 30.9 Å². The molecule has 2 aromatic rings. The molecule has 0 aliphatic heterocycles. The van der Waals surface area contributed by atoms with E-state index in [1.165, 1.54) is 4.31 Å². The number of rotatable bonds is 15. The smallest absolute Gasteiger partial charge is 0.224 e. The number of nitrogens with one attached hydrogen (secondary N) is 1. The van der Waals surface area contributed by atoms with Crippen LogP contribution in [-0.2, 0) is 38.5 Å². The lowest BCUT2D eigenvalue weighted by molar-refractivity contribution is -0.125. The minimum atomic E-state index is -3.53. The Labute approximate surface area is 218 Å². The maximum Gasteiger partial charge on any atom is 0.224 e. The number of aryl methyl sites for hydroxylation is 1. The van der Waals surface area contributed by atoms with Crippen LogP contribution in [0.25, 0.3) is 0 Å². The Morgan fingerprint density at radius 2 is 1.53 bits per heavy atom. The third-order valence-corrected chi connectivity index (χ3v) is 8.63. The fourth-order valence-corrected chi connectivity index (χ4v) is 6.21. The van der Waals surface area contributed by atoms with Gasteiger partial charge in [-0.15, -0.1) is 0 Å². The first kappa shape index (κ1) is 30.2. The van der Waals surface area contributed by atoms with Crippen molar-refractivity contribution >= 4 is 26.7 Å². The number of hydrogen-bond donors (Lipinski definition) is 2. The standard InChI is InChI=1S/C27H40N2O5S2/c1-21(2)18-29(36(4,33)34)19-26(30)25(17-24-13-9-6-10-14-24)28-27(31)22(3)20-35(32)16-15-23-11-7-5-8-12-23/h5-14,21-22,25-26,30H,15-20H2,1-4H3,(H,28,31)/t22-,25+,26-,35?/m1/s1. The van der Waals surface area contributed by atoms with E-state index in [-0.39, 0.29) is 30.7 Å². The molecule has 7 nitrogen and oxygen atoms in total. The number of aliphatic hydroxyl groups excluding tert-OH is 1. The fraction of sp³-hybridized carbons (Fsp3) is 0.519. The number of hydrogen-bond acceptors (Lipinski definition) is 5. The van der Waals surface area contributed by atoms with Crippen molar-refractivity contribution in [3.63, 3.8) is 0 Å². The molecule has 1 amide bonds. The number of aliphatic hydroxyl groups is 1. The first-order chi connectivity index (χ1) is 17.0. The minimum absolute atomic E-state index is 0.0833. The van der Waals surface area contributed by atoms with Crippen molar-refractivity contribution in [1.82, 2.24) is 9.62 Å². The lowest BCUT2D eigenvalue weighted by Crippen LogP contribution is -2.52. The van der Waals surface area contributed by atoms with Gasteiger partial charge in [0.1, 0.15) is 0 Å². The Kier molecular flexibility index (Phi) is 12.2. The van der Waals surface area contributed by atoms with Crippen LogP contribution in [0.1, 0.15) is 31.9 Å². The summed E-state index contributed by atoms with van der Waals surface area (Å²) in [5, 5.41) is 14.0. The topological polar surface area (TPSA) is 104 Å². The van der Waals surface area contributed by atoms with E-state index in [0.29, 0.717) is 18.6 Å². The minimum Gasteiger partial charge on any atom is -0.390 e. The molecular formula is C27H40N2O5S2. The van der Waals surface area contributed by atoms with Gasteiger partial charge in [-0.05, 0) is 29.9 Å². The van der Waals surface area contributed by atoms with E-state index < -0.39 is 38.9 Å². The molecule has 36 heavy (non-hydrogen) atoms. The average Bonchev–Trinajstić information content (AvgIpc) is 2.82. The van der Waals surface area contributed by atoms with Crippen LogP contribution in [0.15, 0.2) is 60.7 Å². The number of nitrogens with zero attached hydrogens (tertiary/aromatic N) is 1. The van der Waals surface area contributed by atoms with Crippen LogP contribution in [0.2, 0.25) is 0 Å². The molecule has 0 aliphatic carbocycles. The van der Waals surface area contributed by atoms with Gasteiger partial charge in [-0.1, -0.05) is 81.4 Å². The Hall–Kier alpha value is -2.07. The highest BCUT2D eigenvalue weighted by molar-refractivity contribution is 7.88. The van der Waals surface area contributed by atoms with Crippen LogP contribution in [0, 0.1) is 11.8 Å². The van der Waals surface area contributed by atoms with Crippen molar-refractivity contribution < 1.29 is 22.5 Å². The summed E-state index contributed by atoms with van der Waals surface area (Å²) in [5.74, 6) is -0.0576. The molecule has 2 N–H and O–H groups in total. The molecule has 2 aromatic carbocycles. The average molecular weight is 537 g/mol. The summed E-state index contributed by atoms with van der Waals surface area (Å²) in [7, 11) is -4.70. The number of sulfonamides is 1. The third-order valence-electron chi connectivity index (χ3n) is 5.86. The van der Waals surface area contributed by atoms with Gasteiger partial charge in [-0.25, -0.2) is 8.42 Å². The summed E-state index contributed by atoms with van der Waals surface area (Å²) in [6, 6.07) is 18.5. The van der Waals surface area contributed by atoms with E-state index in [2.05, 4.69) is 5.32 Å². The molecule has 200 valence electrons. The van der Waals surface area contributed by atoms with Crippen molar-refractivity contribution in [2.24, 2.45) is 11.8 Å². The van der Waals surface area contributed by atoms with Gasteiger partial charge >= 0.3 is 0 Å². The summed E-state index contributed by atoms with van der Waals surface area (Å²) >= 11 is 0. The molecular weight excluding hydrogens is 496 g/mol. The third kappa shape index (κ3) is 10.9. The first-order valence-electron chi connectivity index (χ1n) is 12.3. The highest BCUT2D eigenvalue weighted by atomic mass is 32.2. The molecule has 0 aromatic heterocycles. The predicted molar refractivity (Wildman–Crippen MR) is 147 cm³/mol. The number of carbonyl (C=O) groups excluding carboxylic acids is 1. The second kappa shape index (κ2) is 14.6. The highest BCUT2D eigenvalue weighted by Crippen LogP contribution is 2.13. The molecule has 0 aliphatic rings. The first-order valence-corrected chi connectivity index (χ1v) is 15.7. The molecule has 1 unspecified atom stereocenters. The van der Waals surface area contributed by atoms with Crippen molar-refractivity contribution in [3.05, 3.63) is 71.8 Å². The van der Waals surface area contributed by atoms with Crippen LogP contribution in [0.3, 0.4) is 0 Å². The van der Waals surface area contributed by atoms with Crippen LogP contribution in [-0.4, -0.2) is 70.9 Å². The lowest BCUT2D eigenvalue weighted by atomic mass is 10.00. The molecule has 0 spiro atoms. The van der Waals surface area contributed by atoms with Crippen molar-refractivity contribution in [1.29, 1.82) is 0 Å². The van der Waals surface area contributed by atoms with E-state index in [0.717, 1.165) is 17.4 Å². The van der Waals surface area contributed by atoms with Crippen molar-refractivity contribution in [3.8, 4) is 0 Å². The van der Waals surface area contributed by atoms with Crippen LogP contribution in [0.5, 0.6) is 0 Å². The quantitative estimate of drug-likeness (QED) is 0.364. The number of carbonyl (C=O) groups is 1. The zero-order valence-electron chi connectivity index (χ0n) is 21.7. The number of amides is 1. The molecule has 9 heteroatoms. The van der Waals surface area contributed by atoms with Gasteiger partial charge in [0, 0.05) is 41.3 Å². The summed E-state index contributed by atoms with van der Waals surface area (Å²) < 4.78 is 38.5. The van der Waals surface area contributed by atoms with Gasteiger partial charge in [0.15, 0.2) is 0 Å². The molecule has 0 fully saturated rings. The van der Waals surface area contributed by atoms with Crippen molar-refractivity contribution in [2.45, 2.75) is 45.8 Å². The van der Waals surface area contributed by atoms with E-state index >= 15 is 0 Å². The number of benzene rings is 2. The second-order valence-electron chi connectivity index (χ2n) is 9.79. The summed E-state index contributed by atoms with van der Waals surface area (Å²) in [6.45, 7) is 5.70. The summed E-state index contributed by atoms with van der Waals surface area (Å²) in [5.41, 5.74) is 2.02. The van der Waals surface area contributed by atoms with Crippen LogP contribution < -0.4 is 5.32 Å². The van der Waals surface area contributed by atoms with Crippen LogP contribution in [0.4, 0.5) is 0 Å². The van der Waals surface area contributed by atoms with Gasteiger partial charge in [0.25, 0.3) is 0 Å². The second-order valence-corrected chi connectivity index (χ2v) is 13.4. The Morgan fingerprint density at radius 1 is 0.972 bits per heavy atom. The normalized spacial score (nSPS) is 15.4. The predicted octanol–water partition coefficient (Wildman–Crippen LogP) is 2.62. The summed E-state index contributed by atoms with van der Waals surface area (Å²) in [6.07, 6.45) is 1.03. The Bertz CT molecular complexity index is 1060.